The number of nitrogens with zero attached hydrogens (tertiary/aromatic N) is 6. The number of nitrogen functional groups attached to an aromatic ring is 1. The van der Waals surface area contributed by atoms with Crippen LogP contribution in [0, 0.1) is 0 Å². The molecule has 1 fully saturated rings. The fourth-order valence-corrected chi connectivity index (χ4v) is 4.34. The van der Waals surface area contributed by atoms with Crippen LogP contribution in [0.15, 0.2) is 12.4 Å². The molecule has 1 aliphatic heterocycles. The van der Waals surface area contributed by atoms with Gasteiger partial charge < -0.3 is 10.6 Å². The van der Waals surface area contributed by atoms with Gasteiger partial charge in [-0.3, -0.25) is 9.78 Å². The number of anilines is 2. The van der Waals surface area contributed by atoms with Crippen molar-refractivity contribution in [2.75, 3.05) is 23.7 Å². The maximum atomic E-state index is 6.13. The first-order valence-corrected chi connectivity index (χ1v) is 8.39. The van der Waals surface area contributed by atoms with Crippen molar-refractivity contribution in [2.45, 2.75) is 31.1 Å². The maximum absolute atomic E-state index is 6.13. The molecule has 0 bridgehead atoms. The molecule has 1 aliphatic carbocycles. The number of piperidine rings is 1. The van der Waals surface area contributed by atoms with E-state index in [2.05, 4.69) is 25.2 Å². The standard InChI is InChI=1S/C16H20N8/c1-23-14-11(8-19-23)13(17)20-15(21-14)24-6-2-4-16(9-24)5-3-10-7-18-22-12(10)16/h7-8H,2-6,9H2,1H3,(H,18,22)(H2,17,20,21). The van der Waals surface area contributed by atoms with Crippen LogP contribution in [0.5, 0.6) is 0 Å². The minimum Gasteiger partial charge on any atom is -0.383 e. The predicted octanol–water partition coefficient (Wildman–Crippen LogP) is 1.15. The zero-order valence-electron chi connectivity index (χ0n) is 13.7. The summed E-state index contributed by atoms with van der Waals surface area (Å²) in [7, 11) is 1.88. The summed E-state index contributed by atoms with van der Waals surface area (Å²) in [5.74, 6) is 1.20. The van der Waals surface area contributed by atoms with Crippen molar-refractivity contribution in [2.24, 2.45) is 7.05 Å². The quantitative estimate of drug-likeness (QED) is 0.696. The van der Waals surface area contributed by atoms with E-state index in [1.807, 2.05) is 13.2 Å². The second-order valence-corrected chi connectivity index (χ2v) is 6.99. The summed E-state index contributed by atoms with van der Waals surface area (Å²) in [6, 6.07) is 0. The smallest absolute Gasteiger partial charge is 0.229 e. The second-order valence-electron chi connectivity index (χ2n) is 6.99. The normalized spacial score (nSPS) is 23.3. The van der Waals surface area contributed by atoms with E-state index in [0.29, 0.717) is 11.8 Å². The highest BCUT2D eigenvalue weighted by atomic mass is 15.3. The van der Waals surface area contributed by atoms with Crippen molar-refractivity contribution in [1.82, 2.24) is 29.9 Å². The lowest BCUT2D eigenvalue weighted by Gasteiger charge is -2.40. The van der Waals surface area contributed by atoms with E-state index in [1.165, 1.54) is 17.7 Å². The highest BCUT2D eigenvalue weighted by molar-refractivity contribution is 5.86. The van der Waals surface area contributed by atoms with Gasteiger partial charge in [0.1, 0.15) is 5.82 Å². The average Bonchev–Trinajstić information content (AvgIpc) is 3.27. The lowest BCUT2D eigenvalue weighted by molar-refractivity contribution is 0.330. The summed E-state index contributed by atoms with van der Waals surface area (Å²) in [5.41, 5.74) is 9.73. The molecule has 0 saturated carbocycles. The summed E-state index contributed by atoms with van der Waals surface area (Å²) in [4.78, 5) is 11.5. The predicted molar refractivity (Wildman–Crippen MR) is 90.8 cm³/mol. The SMILES string of the molecule is Cn1ncc2c(N)nc(N3CCCC4(CCc5cn[nH]c54)C3)nc21. The molecule has 0 amide bonds. The Hall–Kier alpha value is -2.64. The van der Waals surface area contributed by atoms with Gasteiger partial charge in [0, 0.05) is 31.2 Å². The van der Waals surface area contributed by atoms with Crippen LogP contribution in [-0.2, 0) is 18.9 Å². The molecule has 3 aromatic rings. The average molecular weight is 324 g/mol. The Labute approximate surface area is 139 Å². The Morgan fingerprint density at radius 2 is 2.17 bits per heavy atom. The Bertz CT molecular complexity index is 925. The van der Waals surface area contributed by atoms with E-state index in [9.17, 15) is 0 Å². The Morgan fingerprint density at radius 3 is 3.08 bits per heavy atom. The molecule has 0 radical (unpaired) electrons. The van der Waals surface area contributed by atoms with Crippen molar-refractivity contribution in [1.29, 1.82) is 0 Å². The first kappa shape index (κ1) is 13.8. The highest BCUT2D eigenvalue weighted by Crippen LogP contribution is 2.44. The molecule has 1 unspecified atom stereocenters. The second kappa shape index (κ2) is 4.68. The minimum absolute atomic E-state index is 0.142. The van der Waals surface area contributed by atoms with Crippen molar-refractivity contribution in [3.63, 3.8) is 0 Å². The molecule has 124 valence electrons. The van der Waals surface area contributed by atoms with Gasteiger partial charge in [-0.25, -0.2) is 0 Å². The molecule has 1 spiro atoms. The fraction of sp³-hybridized carbons (Fsp3) is 0.500. The number of fused-ring (bicyclic) bond motifs is 3. The largest absolute Gasteiger partial charge is 0.383 e. The van der Waals surface area contributed by atoms with Gasteiger partial charge in [-0.05, 0) is 31.2 Å². The molecule has 3 N–H and O–H groups in total. The lowest BCUT2D eigenvalue weighted by atomic mass is 9.78. The molecule has 4 heterocycles. The number of hydrogen-bond acceptors (Lipinski definition) is 6. The zero-order valence-corrected chi connectivity index (χ0v) is 13.7. The van der Waals surface area contributed by atoms with Crippen molar-refractivity contribution in [3.8, 4) is 0 Å². The number of aromatic nitrogens is 6. The third kappa shape index (κ3) is 1.79. The van der Waals surface area contributed by atoms with E-state index in [-0.39, 0.29) is 5.41 Å². The molecule has 8 nitrogen and oxygen atoms in total. The van der Waals surface area contributed by atoms with Crippen LogP contribution >= 0.6 is 0 Å². The summed E-state index contributed by atoms with van der Waals surface area (Å²) < 4.78 is 1.75. The van der Waals surface area contributed by atoms with Gasteiger partial charge in [-0.2, -0.15) is 20.2 Å². The summed E-state index contributed by atoms with van der Waals surface area (Å²) in [6.07, 6.45) is 8.26. The first-order valence-electron chi connectivity index (χ1n) is 8.39. The number of rotatable bonds is 1. The van der Waals surface area contributed by atoms with Crippen molar-refractivity contribution in [3.05, 3.63) is 23.7 Å². The number of aromatic amines is 1. The molecule has 1 atom stereocenters. The molecular formula is C16H20N8. The molecule has 1 saturated heterocycles. The molecule has 24 heavy (non-hydrogen) atoms. The van der Waals surface area contributed by atoms with E-state index < -0.39 is 0 Å². The van der Waals surface area contributed by atoms with Crippen LogP contribution in [0.2, 0.25) is 0 Å². The zero-order chi connectivity index (χ0) is 16.3. The van der Waals surface area contributed by atoms with Gasteiger partial charge in [0.2, 0.25) is 5.95 Å². The molecule has 0 aromatic carbocycles. The highest BCUT2D eigenvalue weighted by Gasteiger charge is 2.44. The van der Waals surface area contributed by atoms with E-state index in [4.69, 9.17) is 10.7 Å². The van der Waals surface area contributed by atoms with Crippen LogP contribution in [0.4, 0.5) is 11.8 Å². The van der Waals surface area contributed by atoms with Crippen LogP contribution < -0.4 is 10.6 Å². The van der Waals surface area contributed by atoms with Crippen molar-refractivity contribution >= 4 is 22.8 Å². The van der Waals surface area contributed by atoms with Crippen LogP contribution in [0.1, 0.15) is 30.5 Å². The number of hydrogen-bond donors (Lipinski definition) is 2. The van der Waals surface area contributed by atoms with E-state index >= 15 is 0 Å². The van der Waals surface area contributed by atoms with Gasteiger partial charge in [0.05, 0.1) is 17.8 Å². The lowest BCUT2D eigenvalue weighted by Crippen LogP contribution is -2.46. The topological polar surface area (TPSA) is 102 Å². The third-order valence-electron chi connectivity index (χ3n) is 5.59. The number of aryl methyl sites for hydroxylation is 2. The summed E-state index contributed by atoms with van der Waals surface area (Å²) in [6.45, 7) is 1.86. The maximum Gasteiger partial charge on any atom is 0.229 e. The fourth-order valence-electron chi connectivity index (χ4n) is 4.34. The summed E-state index contributed by atoms with van der Waals surface area (Å²) >= 11 is 0. The van der Waals surface area contributed by atoms with E-state index in [1.54, 1.807) is 10.9 Å². The third-order valence-corrected chi connectivity index (χ3v) is 5.59. The van der Waals surface area contributed by atoms with Gasteiger partial charge >= 0.3 is 0 Å². The first-order chi connectivity index (χ1) is 11.7. The molecule has 3 aromatic heterocycles. The van der Waals surface area contributed by atoms with Gasteiger partial charge in [-0.15, -0.1) is 0 Å². The van der Waals surface area contributed by atoms with Crippen LogP contribution in [-0.4, -0.2) is 43.0 Å². The number of H-pyrrole nitrogens is 1. The Kier molecular flexibility index (Phi) is 2.69. The van der Waals surface area contributed by atoms with E-state index in [0.717, 1.165) is 43.4 Å². The van der Waals surface area contributed by atoms with Gasteiger partial charge in [0.25, 0.3) is 0 Å². The molecule has 5 rings (SSSR count). The van der Waals surface area contributed by atoms with Gasteiger partial charge in [-0.1, -0.05) is 0 Å². The molecule has 2 aliphatic rings. The van der Waals surface area contributed by atoms with Gasteiger partial charge in [0.15, 0.2) is 5.65 Å². The Balaban J connectivity index is 1.55. The van der Waals surface area contributed by atoms with Crippen LogP contribution in [0.25, 0.3) is 11.0 Å². The molecular weight excluding hydrogens is 304 g/mol. The monoisotopic (exact) mass is 324 g/mol. The number of nitrogens with one attached hydrogen (secondary N) is 1. The van der Waals surface area contributed by atoms with Crippen LogP contribution in [0.3, 0.4) is 0 Å². The number of nitrogens with two attached hydrogens (primary N) is 1. The summed E-state index contributed by atoms with van der Waals surface area (Å²) in [5, 5.41) is 12.5. The minimum atomic E-state index is 0.142. The van der Waals surface area contributed by atoms with Crippen molar-refractivity contribution < 1.29 is 0 Å². The Morgan fingerprint density at radius 1 is 1.25 bits per heavy atom. The molecule has 8 heteroatoms.